The average Bonchev–Trinajstić information content (AvgIpc) is 2.51. The topological polar surface area (TPSA) is 29.5 Å². The summed E-state index contributed by atoms with van der Waals surface area (Å²) in [5.41, 5.74) is 2.05. The fourth-order valence-corrected chi connectivity index (χ4v) is 2.17. The third-order valence-electron chi connectivity index (χ3n) is 3.47. The smallest absolute Gasteiger partial charge is 0.226 e. The van der Waals surface area contributed by atoms with E-state index in [0.717, 1.165) is 16.9 Å². The summed E-state index contributed by atoms with van der Waals surface area (Å²) in [5, 5.41) is 0.677. The van der Waals surface area contributed by atoms with E-state index >= 15 is 0 Å². The summed E-state index contributed by atoms with van der Waals surface area (Å²) in [4.78, 5) is 13.8. The first-order chi connectivity index (χ1) is 10.6. The summed E-state index contributed by atoms with van der Waals surface area (Å²) in [5.74, 6) is 0.928. The molecule has 2 aromatic carbocycles. The second-order valence-electron chi connectivity index (χ2n) is 5.23. The Kier molecular flexibility index (Phi) is 5.84. The lowest BCUT2D eigenvalue weighted by Crippen LogP contribution is -2.32. The molecule has 22 heavy (non-hydrogen) atoms. The van der Waals surface area contributed by atoms with Crippen LogP contribution in [0.2, 0.25) is 5.02 Å². The Balaban J connectivity index is 1.79. The summed E-state index contributed by atoms with van der Waals surface area (Å²) in [7, 11) is 1.79. The third-order valence-corrected chi connectivity index (χ3v) is 3.72. The number of hydrogen-bond acceptors (Lipinski definition) is 2. The molecule has 0 atom stereocenters. The molecular formula is C18H20ClNO2. The van der Waals surface area contributed by atoms with Crippen LogP contribution in [-0.2, 0) is 11.2 Å². The molecule has 4 heteroatoms. The van der Waals surface area contributed by atoms with Gasteiger partial charge in [-0.25, -0.2) is 0 Å². The summed E-state index contributed by atoms with van der Waals surface area (Å²) in [6.07, 6.45) is 0.373. The van der Waals surface area contributed by atoms with Gasteiger partial charge in [0.1, 0.15) is 12.4 Å². The average molecular weight is 318 g/mol. The van der Waals surface area contributed by atoms with Gasteiger partial charge in [0, 0.05) is 12.1 Å². The van der Waals surface area contributed by atoms with Crippen molar-refractivity contribution in [1.29, 1.82) is 0 Å². The predicted molar refractivity (Wildman–Crippen MR) is 89.5 cm³/mol. The lowest BCUT2D eigenvalue weighted by molar-refractivity contribution is -0.129. The minimum Gasteiger partial charge on any atom is -0.491 e. The SMILES string of the molecule is Cc1ccccc1OCCN(C)C(=O)Cc1ccc(Cl)cc1. The van der Waals surface area contributed by atoms with E-state index in [9.17, 15) is 4.79 Å². The molecule has 0 heterocycles. The lowest BCUT2D eigenvalue weighted by Gasteiger charge is -2.18. The van der Waals surface area contributed by atoms with Crippen molar-refractivity contribution in [2.45, 2.75) is 13.3 Å². The standard InChI is InChI=1S/C18H20ClNO2/c1-14-5-3-4-6-17(14)22-12-11-20(2)18(21)13-15-7-9-16(19)10-8-15/h3-10H,11-13H2,1-2H3. The van der Waals surface area contributed by atoms with E-state index in [1.165, 1.54) is 0 Å². The monoisotopic (exact) mass is 317 g/mol. The molecule has 2 rings (SSSR count). The summed E-state index contributed by atoms with van der Waals surface area (Å²) < 4.78 is 5.71. The van der Waals surface area contributed by atoms with Gasteiger partial charge < -0.3 is 9.64 Å². The van der Waals surface area contributed by atoms with E-state index in [-0.39, 0.29) is 5.91 Å². The summed E-state index contributed by atoms with van der Waals surface area (Å²) >= 11 is 5.84. The lowest BCUT2D eigenvalue weighted by atomic mass is 10.1. The summed E-state index contributed by atoms with van der Waals surface area (Å²) in [6, 6.07) is 15.2. The number of halogens is 1. The Morgan fingerprint density at radius 1 is 1.14 bits per heavy atom. The fourth-order valence-electron chi connectivity index (χ4n) is 2.05. The van der Waals surface area contributed by atoms with E-state index in [1.807, 2.05) is 43.3 Å². The van der Waals surface area contributed by atoms with Crippen molar-refractivity contribution in [2.24, 2.45) is 0 Å². The molecule has 2 aromatic rings. The third kappa shape index (κ3) is 4.78. The van der Waals surface area contributed by atoms with Crippen molar-refractivity contribution in [1.82, 2.24) is 4.90 Å². The molecule has 0 radical (unpaired) electrons. The van der Waals surface area contributed by atoms with Crippen LogP contribution in [0.1, 0.15) is 11.1 Å². The minimum absolute atomic E-state index is 0.0655. The second kappa shape index (κ2) is 7.85. The van der Waals surface area contributed by atoms with Crippen molar-refractivity contribution in [2.75, 3.05) is 20.2 Å². The van der Waals surface area contributed by atoms with Crippen LogP contribution >= 0.6 is 11.6 Å². The van der Waals surface area contributed by atoms with Crippen LogP contribution in [0.5, 0.6) is 5.75 Å². The zero-order valence-corrected chi connectivity index (χ0v) is 13.6. The Bertz CT molecular complexity index is 625. The molecule has 0 spiro atoms. The highest BCUT2D eigenvalue weighted by Crippen LogP contribution is 2.16. The maximum atomic E-state index is 12.1. The quantitative estimate of drug-likeness (QED) is 0.812. The zero-order chi connectivity index (χ0) is 15.9. The van der Waals surface area contributed by atoms with E-state index < -0.39 is 0 Å². The molecule has 0 bridgehead atoms. The molecule has 0 saturated carbocycles. The van der Waals surface area contributed by atoms with Gasteiger partial charge in [-0.2, -0.15) is 0 Å². The van der Waals surface area contributed by atoms with Gasteiger partial charge in [-0.05, 0) is 36.2 Å². The molecule has 1 amide bonds. The molecule has 116 valence electrons. The number of ether oxygens (including phenoxy) is 1. The molecule has 0 unspecified atom stereocenters. The van der Waals surface area contributed by atoms with E-state index in [2.05, 4.69) is 0 Å². The first-order valence-electron chi connectivity index (χ1n) is 7.23. The Morgan fingerprint density at radius 3 is 2.50 bits per heavy atom. The number of hydrogen-bond donors (Lipinski definition) is 0. The highest BCUT2D eigenvalue weighted by molar-refractivity contribution is 6.30. The van der Waals surface area contributed by atoms with Crippen molar-refractivity contribution in [3.8, 4) is 5.75 Å². The van der Waals surface area contributed by atoms with Crippen LogP contribution in [-0.4, -0.2) is 31.0 Å². The minimum atomic E-state index is 0.0655. The Labute approximate surface area is 136 Å². The second-order valence-corrected chi connectivity index (χ2v) is 5.67. The zero-order valence-electron chi connectivity index (χ0n) is 12.9. The first kappa shape index (κ1) is 16.4. The van der Waals surface area contributed by atoms with Crippen LogP contribution in [0.3, 0.4) is 0 Å². The predicted octanol–water partition coefficient (Wildman–Crippen LogP) is 3.73. The highest BCUT2D eigenvalue weighted by Gasteiger charge is 2.10. The van der Waals surface area contributed by atoms with Gasteiger partial charge in [0.2, 0.25) is 5.91 Å². The van der Waals surface area contributed by atoms with Gasteiger partial charge in [0.05, 0.1) is 13.0 Å². The van der Waals surface area contributed by atoms with Crippen LogP contribution in [0, 0.1) is 6.92 Å². The van der Waals surface area contributed by atoms with Gasteiger partial charge in [0.25, 0.3) is 0 Å². The number of likely N-dealkylation sites (N-methyl/N-ethyl adjacent to an activating group) is 1. The number of carbonyl (C=O) groups excluding carboxylic acids is 1. The van der Waals surface area contributed by atoms with Crippen molar-refractivity contribution in [3.05, 3.63) is 64.7 Å². The molecule has 0 aliphatic heterocycles. The van der Waals surface area contributed by atoms with Crippen molar-refractivity contribution >= 4 is 17.5 Å². The number of aryl methyl sites for hydroxylation is 1. The summed E-state index contributed by atoms with van der Waals surface area (Å²) in [6.45, 7) is 3.04. The van der Waals surface area contributed by atoms with Crippen molar-refractivity contribution in [3.63, 3.8) is 0 Å². The molecule has 0 saturated heterocycles. The first-order valence-corrected chi connectivity index (χ1v) is 7.61. The fraction of sp³-hybridized carbons (Fsp3) is 0.278. The largest absolute Gasteiger partial charge is 0.491 e. The van der Waals surface area contributed by atoms with Crippen LogP contribution in [0.4, 0.5) is 0 Å². The number of benzene rings is 2. The van der Waals surface area contributed by atoms with Gasteiger partial charge >= 0.3 is 0 Å². The number of rotatable bonds is 6. The van der Waals surface area contributed by atoms with E-state index in [4.69, 9.17) is 16.3 Å². The van der Waals surface area contributed by atoms with E-state index in [1.54, 1.807) is 24.1 Å². The molecule has 0 aromatic heterocycles. The Morgan fingerprint density at radius 2 is 1.82 bits per heavy atom. The Hall–Kier alpha value is -2.00. The van der Waals surface area contributed by atoms with Gasteiger partial charge in [-0.1, -0.05) is 41.9 Å². The number of nitrogens with zero attached hydrogens (tertiary/aromatic N) is 1. The maximum Gasteiger partial charge on any atom is 0.226 e. The van der Waals surface area contributed by atoms with Crippen LogP contribution in [0.15, 0.2) is 48.5 Å². The van der Waals surface area contributed by atoms with Gasteiger partial charge in [-0.15, -0.1) is 0 Å². The molecule has 0 aliphatic rings. The van der Waals surface area contributed by atoms with E-state index in [0.29, 0.717) is 24.6 Å². The normalized spacial score (nSPS) is 10.3. The highest BCUT2D eigenvalue weighted by atomic mass is 35.5. The number of amides is 1. The number of carbonyl (C=O) groups is 1. The molecular weight excluding hydrogens is 298 g/mol. The van der Waals surface area contributed by atoms with Crippen LogP contribution < -0.4 is 4.74 Å². The van der Waals surface area contributed by atoms with Crippen LogP contribution in [0.25, 0.3) is 0 Å². The maximum absolute atomic E-state index is 12.1. The number of para-hydroxylation sites is 1. The van der Waals surface area contributed by atoms with Crippen molar-refractivity contribution < 1.29 is 9.53 Å². The van der Waals surface area contributed by atoms with Gasteiger partial charge in [0.15, 0.2) is 0 Å². The molecule has 0 N–H and O–H groups in total. The van der Waals surface area contributed by atoms with Gasteiger partial charge in [-0.3, -0.25) is 4.79 Å². The molecule has 3 nitrogen and oxygen atoms in total. The molecule has 0 fully saturated rings. The molecule has 0 aliphatic carbocycles.